The summed E-state index contributed by atoms with van der Waals surface area (Å²) in [5.41, 5.74) is -0.0818. The zero-order chi connectivity index (χ0) is 18.4. The van der Waals surface area contributed by atoms with Crippen molar-refractivity contribution in [3.05, 3.63) is 53.6 Å². The van der Waals surface area contributed by atoms with Gasteiger partial charge in [-0.15, -0.1) is 0 Å². The Morgan fingerprint density at radius 2 is 1.40 bits per heavy atom. The van der Waals surface area contributed by atoms with Crippen molar-refractivity contribution in [2.45, 2.75) is 38.9 Å². The van der Waals surface area contributed by atoms with E-state index < -0.39 is 30.0 Å². The van der Waals surface area contributed by atoms with Gasteiger partial charge in [-0.2, -0.15) is 5.26 Å². The molecule has 1 fully saturated rings. The summed E-state index contributed by atoms with van der Waals surface area (Å²) in [6.07, 6.45) is 0. The van der Waals surface area contributed by atoms with Crippen molar-refractivity contribution >= 4 is 12.6 Å². The second kappa shape index (κ2) is 5.94. The lowest BCUT2D eigenvalue weighted by molar-refractivity contribution is 0.00578. The third kappa shape index (κ3) is 3.06. The van der Waals surface area contributed by atoms with E-state index in [1.165, 1.54) is 24.3 Å². The van der Waals surface area contributed by atoms with E-state index in [0.717, 1.165) is 6.07 Å². The highest BCUT2D eigenvalue weighted by molar-refractivity contribution is 6.62. The highest BCUT2D eigenvalue weighted by Gasteiger charge is 2.51. The van der Waals surface area contributed by atoms with Gasteiger partial charge >= 0.3 is 7.12 Å². The SMILES string of the molecule is CC1(C)OB(c2ccc(-c3ccc(C#N)cc3F)c(F)c2)OC1(C)C. The average Bonchev–Trinajstić information content (AvgIpc) is 2.75. The summed E-state index contributed by atoms with van der Waals surface area (Å²) in [4.78, 5) is 0. The molecule has 0 saturated carbocycles. The predicted octanol–water partition coefficient (Wildman–Crippen LogP) is 3.80. The van der Waals surface area contributed by atoms with Crippen molar-refractivity contribution in [3.8, 4) is 17.2 Å². The van der Waals surface area contributed by atoms with Crippen LogP contribution in [0.25, 0.3) is 11.1 Å². The molecule has 0 unspecified atom stereocenters. The topological polar surface area (TPSA) is 42.2 Å². The summed E-state index contributed by atoms with van der Waals surface area (Å²) in [5, 5.41) is 8.80. The van der Waals surface area contributed by atoms with Gasteiger partial charge in [0.25, 0.3) is 0 Å². The lowest BCUT2D eigenvalue weighted by Crippen LogP contribution is -2.41. The Balaban J connectivity index is 1.94. The van der Waals surface area contributed by atoms with E-state index in [2.05, 4.69) is 0 Å². The molecule has 0 spiro atoms. The molecule has 2 aromatic rings. The Hall–Kier alpha value is -2.23. The Labute approximate surface area is 146 Å². The van der Waals surface area contributed by atoms with Gasteiger partial charge in [-0.1, -0.05) is 18.2 Å². The van der Waals surface area contributed by atoms with E-state index in [1.54, 1.807) is 6.07 Å². The van der Waals surface area contributed by atoms with E-state index in [0.29, 0.717) is 5.46 Å². The molecule has 3 nitrogen and oxygen atoms in total. The minimum atomic E-state index is -0.681. The summed E-state index contributed by atoms with van der Waals surface area (Å²) in [5.74, 6) is -1.21. The quantitative estimate of drug-likeness (QED) is 0.781. The first-order valence-electron chi connectivity index (χ1n) is 8.00. The van der Waals surface area contributed by atoms with Gasteiger partial charge < -0.3 is 9.31 Å². The monoisotopic (exact) mass is 341 g/mol. The Kier molecular flexibility index (Phi) is 4.18. The van der Waals surface area contributed by atoms with E-state index in [1.807, 2.05) is 33.8 Å². The molecule has 0 amide bonds. The van der Waals surface area contributed by atoms with Gasteiger partial charge in [-0.25, -0.2) is 8.78 Å². The minimum Gasteiger partial charge on any atom is -0.399 e. The van der Waals surface area contributed by atoms with Crippen molar-refractivity contribution in [2.75, 3.05) is 0 Å². The molecule has 1 saturated heterocycles. The van der Waals surface area contributed by atoms with Gasteiger partial charge in [0.1, 0.15) is 11.6 Å². The number of halogens is 2. The first-order chi connectivity index (χ1) is 11.6. The van der Waals surface area contributed by atoms with Crippen molar-refractivity contribution in [3.63, 3.8) is 0 Å². The lowest BCUT2D eigenvalue weighted by Gasteiger charge is -2.32. The molecular weight excluding hydrogens is 323 g/mol. The Morgan fingerprint density at radius 1 is 0.880 bits per heavy atom. The number of nitriles is 1. The molecule has 0 N–H and O–H groups in total. The maximum atomic E-state index is 14.6. The fourth-order valence-corrected chi connectivity index (χ4v) is 2.68. The van der Waals surface area contributed by atoms with Gasteiger partial charge in [-0.3, -0.25) is 0 Å². The van der Waals surface area contributed by atoms with Gasteiger partial charge in [0.2, 0.25) is 0 Å². The van der Waals surface area contributed by atoms with E-state index in [9.17, 15) is 8.78 Å². The van der Waals surface area contributed by atoms with Gasteiger partial charge in [0.15, 0.2) is 0 Å². The second-order valence-electron chi connectivity index (χ2n) is 7.13. The zero-order valence-corrected chi connectivity index (χ0v) is 14.6. The summed E-state index contributed by atoms with van der Waals surface area (Å²) in [6.45, 7) is 7.68. The van der Waals surface area contributed by atoms with Crippen LogP contribution < -0.4 is 5.46 Å². The first-order valence-corrected chi connectivity index (χ1v) is 8.00. The Bertz CT molecular complexity index is 858. The average molecular weight is 341 g/mol. The molecular formula is C19H18BF2NO2. The van der Waals surface area contributed by atoms with E-state index in [-0.39, 0.29) is 16.7 Å². The third-order valence-electron chi connectivity index (χ3n) is 4.91. The van der Waals surface area contributed by atoms with Crippen molar-refractivity contribution in [1.29, 1.82) is 5.26 Å². The molecule has 1 aliphatic heterocycles. The van der Waals surface area contributed by atoms with E-state index in [4.69, 9.17) is 14.6 Å². The molecule has 6 heteroatoms. The summed E-state index contributed by atoms with van der Waals surface area (Å²) in [6, 6.07) is 10.3. The van der Waals surface area contributed by atoms with Crippen LogP contribution in [-0.2, 0) is 9.31 Å². The van der Waals surface area contributed by atoms with Gasteiger partial charge in [0.05, 0.1) is 22.8 Å². The van der Waals surface area contributed by atoms with Crippen LogP contribution in [0.5, 0.6) is 0 Å². The molecule has 3 rings (SSSR count). The lowest BCUT2D eigenvalue weighted by atomic mass is 9.78. The van der Waals surface area contributed by atoms with Crippen LogP contribution in [0.15, 0.2) is 36.4 Å². The number of rotatable bonds is 2. The molecule has 0 atom stereocenters. The maximum Gasteiger partial charge on any atom is 0.494 e. The third-order valence-corrected chi connectivity index (χ3v) is 4.91. The van der Waals surface area contributed by atoms with Crippen LogP contribution in [-0.4, -0.2) is 18.3 Å². The molecule has 128 valence electrons. The fraction of sp³-hybridized carbons (Fsp3) is 0.316. The smallest absolute Gasteiger partial charge is 0.399 e. The first kappa shape index (κ1) is 17.6. The van der Waals surface area contributed by atoms with Crippen LogP contribution in [0.2, 0.25) is 0 Å². The summed E-state index contributed by atoms with van der Waals surface area (Å²) in [7, 11) is -0.681. The van der Waals surface area contributed by atoms with Crippen molar-refractivity contribution in [1.82, 2.24) is 0 Å². The summed E-state index contributed by atoms with van der Waals surface area (Å²) >= 11 is 0. The molecule has 0 aromatic heterocycles. The second-order valence-corrected chi connectivity index (χ2v) is 7.13. The van der Waals surface area contributed by atoms with Crippen molar-refractivity contribution < 1.29 is 18.1 Å². The number of nitrogens with zero attached hydrogens (tertiary/aromatic N) is 1. The van der Waals surface area contributed by atoms with Crippen molar-refractivity contribution in [2.24, 2.45) is 0 Å². The largest absolute Gasteiger partial charge is 0.494 e. The van der Waals surface area contributed by atoms with Crippen LogP contribution >= 0.6 is 0 Å². The predicted molar refractivity (Wildman–Crippen MR) is 92.2 cm³/mol. The normalized spacial score (nSPS) is 18.2. The molecule has 0 bridgehead atoms. The molecule has 2 aromatic carbocycles. The zero-order valence-electron chi connectivity index (χ0n) is 14.6. The van der Waals surface area contributed by atoms with Crippen LogP contribution in [0.3, 0.4) is 0 Å². The van der Waals surface area contributed by atoms with Crippen LogP contribution in [0, 0.1) is 23.0 Å². The van der Waals surface area contributed by atoms with Crippen LogP contribution in [0.1, 0.15) is 33.3 Å². The number of hydrogen-bond acceptors (Lipinski definition) is 3. The maximum absolute atomic E-state index is 14.6. The van der Waals surface area contributed by atoms with Crippen LogP contribution in [0.4, 0.5) is 8.78 Å². The van der Waals surface area contributed by atoms with Gasteiger partial charge in [-0.05, 0) is 51.4 Å². The number of benzene rings is 2. The molecule has 0 radical (unpaired) electrons. The molecule has 1 heterocycles. The molecule has 25 heavy (non-hydrogen) atoms. The Morgan fingerprint density at radius 3 is 1.88 bits per heavy atom. The molecule has 1 aliphatic rings. The molecule has 0 aliphatic carbocycles. The highest BCUT2D eigenvalue weighted by Crippen LogP contribution is 2.36. The van der Waals surface area contributed by atoms with Gasteiger partial charge in [0, 0.05) is 11.1 Å². The standard InChI is InChI=1S/C19H18BF2NO2/c1-18(2)19(3,4)25-20(24-18)13-6-8-15(17(22)10-13)14-7-5-12(11-23)9-16(14)21/h5-10H,1-4H3. The summed E-state index contributed by atoms with van der Waals surface area (Å²) < 4.78 is 40.5. The number of hydrogen-bond donors (Lipinski definition) is 0. The fourth-order valence-electron chi connectivity index (χ4n) is 2.68. The highest BCUT2D eigenvalue weighted by atomic mass is 19.1. The van der Waals surface area contributed by atoms with E-state index >= 15 is 0 Å². The minimum absolute atomic E-state index is 0.108.